The monoisotopic (exact) mass is 811 g/mol. The Bertz CT molecular complexity index is 3610. The standard InChI is InChI=1S/C58H37NS2/c1-2-17-38(18-3-1)42-27-13-19-39-20-14-29-46(56(39)42)44-23-4-8-31-50(44)59(41-22-12-21-40(37-41)43-28-15-35-54-57(43)48-25-6-10-33-52(48)60-54)51-32-9-5-24-45(51)47-30-16-36-55-58(47)49-26-7-11-34-53(49)61-55/h1-37H. The quantitative estimate of drug-likeness (QED) is 0.155. The van der Waals surface area contributed by atoms with Gasteiger partial charge in [-0.15, -0.1) is 22.7 Å². The topological polar surface area (TPSA) is 3.24 Å². The van der Waals surface area contributed by atoms with Gasteiger partial charge in [0.25, 0.3) is 0 Å². The third-order valence-electron chi connectivity index (χ3n) is 12.1. The molecule has 0 bridgehead atoms. The van der Waals surface area contributed by atoms with Crippen molar-refractivity contribution in [1.29, 1.82) is 0 Å². The van der Waals surface area contributed by atoms with Gasteiger partial charge in [-0.05, 0) is 92.7 Å². The highest BCUT2D eigenvalue weighted by Crippen LogP contribution is 2.50. The van der Waals surface area contributed by atoms with Crippen LogP contribution in [0.2, 0.25) is 0 Å². The van der Waals surface area contributed by atoms with Crippen molar-refractivity contribution in [3.8, 4) is 44.5 Å². The summed E-state index contributed by atoms with van der Waals surface area (Å²) in [4.78, 5) is 2.51. The molecule has 0 atom stereocenters. The molecule has 0 spiro atoms. The molecule has 3 heteroatoms. The lowest BCUT2D eigenvalue weighted by molar-refractivity contribution is 1.29. The van der Waals surface area contributed by atoms with Crippen LogP contribution in [0.1, 0.15) is 0 Å². The Morgan fingerprint density at radius 1 is 0.279 bits per heavy atom. The van der Waals surface area contributed by atoms with Gasteiger partial charge in [0.05, 0.1) is 11.4 Å². The van der Waals surface area contributed by atoms with Crippen LogP contribution in [0.5, 0.6) is 0 Å². The van der Waals surface area contributed by atoms with Gasteiger partial charge in [0.1, 0.15) is 0 Å². The molecule has 0 saturated carbocycles. The van der Waals surface area contributed by atoms with Crippen molar-refractivity contribution in [2.75, 3.05) is 4.90 Å². The van der Waals surface area contributed by atoms with Gasteiger partial charge < -0.3 is 4.90 Å². The Hall–Kier alpha value is -7.30. The number of hydrogen-bond acceptors (Lipinski definition) is 3. The first-order valence-electron chi connectivity index (χ1n) is 20.8. The van der Waals surface area contributed by atoms with Gasteiger partial charge in [-0.2, -0.15) is 0 Å². The summed E-state index contributed by atoms with van der Waals surface area (Å²) in [7, 11) is 0. The summed E-state index contributed by atoms with van der Waals surface area (Å²) in [6.07, 6.45) is 0. The zero-order valence-electron chi connectivity index (χ0n) is 33.1. The van der Waals surface area contributed by atoms with Crippen molar-refractivity contribution < 1.29 is 0 Å². The number of thiophene rings is 2. The first-order valence-corrected chi connectivity index (χ1v) is 22.4. The normalized spacial score (nSPS) is 11.6. The molecule has 1 nitrogen and oxygen atoms in total. The fourth-order valence-electron chi connectivity index (χ4n) is 9.45. The zero-order valence-corrected chi connectivity index (χ0v) is 34.8. The van der Waals surface area contributed by atoms with Crippen molar-refractivity contribution in [3.05, 3.63) is 224 Å². The number of benzene rings is 10. The lowest BCUT2D eigenvalue weighted by Gasteiger charge is -2.31. The van der Waals surface area contributed by atoms with Gasteiger partial charge in [-0.3, -0.25) is 0 Å². The van der Waals surface area contributed by atoms with Crippen LogP contribution in [0.15, 0.2) is 224 Å². The highest BCUT2D eigenvalue weighted by Gasteiger charge is 2.24. The third-order valence-corrected chi connectivity index (χ3v) is 14.4. The summed E-state index contributed by atoms with van der Waals surface area (Å²) in [6.45, 7) is 0. The molecule has 0 fully saturated rings. The van der Waals surface area contributed by atoms with E-state index in [4.69, 9.17) is 0 Å². The first-order chi connectivity index (χ1) is 30.3. The first kappa shape index (κ1) is 35.6. The molecule has 0 saturated heterocycles. The van der Waals surface area contributed by atoms with Crippen LogP contribution in [0, 0.1) is 0 Å². The van der Waals surface area contributed by atoms with E-state index in [0.29, 0.717) is 0 Å². The van der Waals surface area contributed by atoms with E-state index in [1.807, 2.05) is 22.7 Å². The fourth-order valence-corrected chi connectivity index (χ4v) is 11.7. The number of nitrogens with zero attached hydrogens (tertiary/aromatic N) is 1. The molecule has 0 amide bonds. The largest absolute Gasteiger partial charge is 0.309 e. The molecule has 0 radical (unpaired) electrons. The van der Waals surface area contributed by atoms with Crippen LogP contribution in [0.4, 0.5) is 17.1 Å². The predicted octanol–water partition coefficient (Wildman–Crippen LogP) is 17.7. The summed E-state index contributed by atoms with van der Waals surface area (Å²) in [5.41, 5.74) is 13.0. The second-order valence-corrected chi connectivity index (χ2v) is 17.7. The second kappa shape index (κ2) is 14.8. The minimum atomic E-state index is 1.10. The van der Waals surface area contributed by atoms with Gasteiger partial charge in [0.2, 0.25) is 0 Å². The van der Waals surface area contributed by atoms with E-state index in [2.05, 4.69) is 229 Å². The molecule has 10 aromatic carbocycles. The van der Waals surface area contributed by atoms with E-state index >= 15 is 0 Å². The van der Waals surface area contributed by atoms with Crippen LogP contribution in [-0.4, -0.2) is 0 Å². The molecule has 12 rings (SSSR count). The summed E-state index contributed by atoms with van der Waals surface area (Å²) in [6, 6.07) is 82.5. The number of rotatable bonds is 7. The highest BCUT2D eigenvalue weighted by molar-refractivity contribution is 7.26. The van der Waals surface area contributed by atoms with E-state index in [0.717, 1.165) is 17.1 Å². The smallest absolute Gasteiger partial charge is 0.0540 e. The van der Waals surface area contributed by atoms with Crippen LogP contribution in [-0.2, 0) is 0 Å². The third kappa shape index (κ3) is 5.96. The van der Waals surface area contributed by atoms with Crippen LogP contribution >= 0.6 is 22.7 Å². The fraction of sp³-hybridized carbons (Fsp3) is 0. The highest BCUT2D eigenvalue weighted by atomic mass is 32.1. The molecule has 0 aliphatic heterocycles. The SMILES string of the molecule is c1ccc(-c2cccc3cccc(-c4ccccc4N(c4cccc(-c5cccc6sc7ccccc7c56)c4)c4ccccc4-c4cccc5sc6ccccc6c45)c23)cc1. The van der Waals surface area contributed by atoms with Gasteiger partial charge in [0, 0.05) is 57.2 Å². The van der Waals surface area contributed by atoms with E-state index in [1.54, 1.807) is 0 Å². The summed E-state index contributed by atoms with van der Waals surface area (Å²) >= 11 is 3.73. The maximum atomic E-state index is 2.51. The summed E-state index contributed by atoms with van der Waals surface area (Å²) in [5, 5.41) is 7.67. The molecule has 0 aliphatic rings. The van der Waals surface area contributed by atoms with Crippen LogP contribution < -0.4 is 4.90 Å². The predicted molar refractivity (Wildman–Crippen MR) is 266 cm³/mol. The summed E-state index contributed by atoms with van der Waals surface area (Å²) in [5.74, 6) is 0. The van der Waals surface area contributed by atoms with Crippen LogP contribution in [0.3, 0.4) is 0 Å². The van der Waals surface area contributed by atoms with Gasteiger partial charge in [-0.1, -0.05) is 176 Å². The molecule has 286 valence electrons. The number of anilines is 3. The number of fused-ring (bicyclic) bond motifs is 7. The Morgan fingerprint density at radius 3 is 1.34 bits per heavy atom. The van der Waals surface area contributed by atoms with Crippen molar-refractivity contribution >= 4 is 90.9 Å². The van der Waals surface area contributed by atoms with Crippen molar-refractivity contribution in [2.24, 2.45) is 0 Å². The Labute approximate surface area is 362 Å². The van der Waals surface area contributed by atoms with E-state index in [1.165, 1.54) is 95.6 Å². The average Bonchev–Trinajstić information content (AvgIpc) is 3.91. The lowest BCUT2D eigenvalue weighted by Crippen LogP contribution is -2.12. The molecule has 12 aromatic rings. The average molecular weight is 812 g/mol. The van der Waals surface area contributed by atoms with E-state index in [9.17, 15) is 0 Å². The Morgan fingerprint density at radius 2 is 0.705 bits per heavy atom. The Balaban J connectivity index is 1.14. The minimum Gasteiger partial charge on any atom is -0.309 e. The van der Waals surface area contributed by atoms with E-state index < -0.39 is 0 Å². The van der Waals surface area contributed by atoms with Crippen molar-refractivity contribution in [1.82, 2.24) is 0 Å². The van der Waals surface area contributed by atoms with E-state index in [-0.39, 0.29) is 0 Å². The zero-order chi connectivity index (χ0) is 40.3. The maximum Gasteiger partial charge on any atom is 0.0540 e. The van der Waals surface area contributed by atoms with Crippen LogP contribution in [0.25, 0.3) is 95.6 Å². The minimum absolute atomic E-state index is 1.10. The molecule has 0 aliphatic carbocycles. The molecular weight excluding hydrogens is 775 g/mol. The number of hydrogen-bond donors (Lipinski definition) is 0. The molecule has 0 N–H and O–H groups in total. The number of para-hydroxylation sites is 2. The molecule has 0 unspecified atom stereocenters. The lowest BCUT2D eigenvalue weighted by atomic mass is 9.90. The van der Waals surface area contributed by atoms with Crippen molar-refractivity contribution in [2.45, 2.75) is 0 Å². The summed E-state index contributed by atoms with van der Waals surface area (Å²) < 4.78 is 5.21. The van der Waals surface area contributed by atoms with Gasteiger partial charge >= 0.3 is 0 Å². The molecule has 61 heavy (non-hydrogen) atoms. The molecular formula is C58H37NS2. The molecule has 2 heterocycles. The van der Waals surface area contributed by atoms with Gasteiger partial charge in [0.15, 0.2) is 0 Å². The molecule has 2 aromatic heterocycles. The van der Waals surface area contributed by atoms with Gasteiger partial charge in [-0.25, -0.2) is 0 Å². The maximum absolute atomic E-state index is 2.51. The van der Waals surface area contributed by atoms with Crippen molar-refractivity contribution in [3.63, 3.8) is 0 Å². The second-order valence-electron chi connectivity index (χ2n) is 15.5. The Kier molecular flexibility index (Phi) is 8.62.